The van der Waals surface area contributed by atoms with Crippen LogP contribution in [0.15, 0.2) is 107 Å². The van der Waals surface area contributed by atoms with Crippen LogP contribution in [0.2, 0.25) is 15.1 Å². The molecule has 3 amide bonds. The number of nitrogens with zero attached hydrogens (tertiary/aromatic N) is 18. The molecule has 0 unspecified atom stereocenters. The number of hydrogen-bond acceptors (Lipinski definition) is 21. The summed E-state index contributed by atoms with van der Waals surface area (Å²) in [6.07, 6.45) is -9.29. The van der Waals surface area contributed by atoms with E-state index in [0.717, 1.165) is 50.1 Å². The van der Waals surface area contributed by atoms with Crippen LogP contribution in [0.5, 0.6) is 17.2 Å². The van der Waals surface area contributed by atoms with Gasteiger partial charge in [-0.15, -0.1) is 0 Å². The van der Waals surface area contributed by atoms with Gasteiger partial charge < -0.3 is 44.7 Å². The van der Waals surface area contributed by atoms with Crippen molar-refractivity contribution in [1.82, 2.24) is 58.3 Å². The average Bonchev–Trinajstić information content (AvgIpc) is 0.722. The van der Waals surface area contributed by atoms with Crippen molar-refractivity contribution < 1.29 is 109 Å². The Morgan fingerprint density at radius 3 is 0.767 bits per heavy atom. The summed E-state index contributed by atoms with van der Waals surface area (Å²) in [7, 11) is 0. The molecule has 150 heavy (non-hydrogen) atoms. The Hall–Kier alpha value is -15.3. The topological polar surface area (TPSA) is 346 Å². The number of rotatable bonds is 15. The number of pyridine rings is 9. The zero-order valence-corrected chi connectivity index (χ0v) is 84.0. The highest BCUT2D eigenvalue weighted by atomic mass is 35.5. The van der Waals surface area contributed by atoms with Gasteiger partial charge in [-0.05, 0) is 151 Å². The SMILES string of the molecule is C=CC(=O)N1[C@H](C)CN(c2c(C#N)c(=O)n(-c3c(C)ccnc3C(C)C)c3nc(-c4c(O)c(F)c(F)c(C(F)(F)F)c4F)c(Cl)cc23)C[C@@H]1C.C=CC(=O)N1[C@H](C)CN(c2c(C#N)c(=O)n(-c3c(C)ccnc3C(C)C)c3nc(-c4c(O)c(F)c(F)c(C(F)(F)F)c4F)c(Cl)cc23)C[C@@H]1C.C=CC(=O)N1[C@H](C)CN(c2c(C#N)c(=O)n(-c3c(C)ccnc3C(C)C)c3nc(-c4c(O)c(F)c(F)c(C(F)(F)F)c4F)c(Cl)cc23)C[C@@H]1C. The van der Waals surface area contributed by atoms with Gasteiger partial charge in [0.15, 0.2) is 52.2 Å². The van der Waals surface area contributed by atoms with Gasteiger partial charge in [0.25, 0.3) is 16.7 Å². The number of benzene rings is 3. The summed E-state index contributed by atoms with van der Waals surface area (Å²) < 4.78 is 261. The smallest absolute Gasteiger partial charge is 0.422 e. The maximum Gasteiger partial charge on any atom is 0.422 e. The first-order chi connectivity index (χ1) is 70.1. The zero-order chi connectivity index (χ0) is 111. The first kappa shape index (κ1) is 112. The lowest BCUT2D eigenvalue weighted by molar-refractivity contribution is -0.143. The summed E-state index contributed by atoms with van der Waals surface area (Å²) >= 11 is 19.6. The third-order valence-electron chi connectivity index (χ3n) is 25.8. The predicted molar refractivity (Wildman–Crippen MR) is 522 cm³/mol. The third-order valence-corrected chi connectivity index (χ3v) is 26.6. The number of fused-ring (bicyclic) bond motifs is 3. The summed E-state index contributed by atoms with van der Waals surface area (Å²) in [4.78, 5) is 117. The molecule has 3 N–H and O–H groups in total. The summed E-state index contributed by atoms with van der Waals surface area (Å²) in [6.45, 7) is 37.1. The number of piperazine rings is 3. The van der Waals surface area contributed by atoms with Crippen LogP contribution in [-0.4, -0.2) is 167 Å². The largest absolute Gasteiger partial charge is 0.504 e. The number of aromatic nitrogens is 9. The second-order valence-corrected chi connectivity index (χ2v) is 38.0. The number of anilines is 3. The maximum absolute atomic E-state index is 15.6. The molecule has 3 saturated heterocycles. The number of alkyl halides is 9. The standard InChI is InChI=1S/3C34H29ClF6N6O3/c3*1-7-21(48)46-16(5)12-45(13-17(46)6)30-18-10-20(35)28(22-24(36)23(34(39,40)41)25(37)26(38)31(22)49)44-32(18)47(33(50)19(30)11-42)29-15(4)8-9-43-27(29)14(2)3/h3*7-10,14,16-17,49H,1,12-13H2,2-6H3/t3*16-,17+. The van der Waals surface area contributed by atoms with Crippen molar-refractivity contribution >= 4 is 103 Å². The molecular formula is C102H87Cl3F18N18O9. The Kier molecular flexibility index (Phi) is 31.3. The molecule has 0 spiro atoms. The molecule has 3 aliphatic heterocycles. The van der Waals surface area contributed by atoms with Crippen molar-refractivity contribution in [2.75, 3.05) is 54.0 Å². The van der Waals surface area contributed by atoms with Gasteiger partial charge in [-0.1, -0.05) is 96.1 Å². The number of aryl methyl sites for hydroxylation is 3. The number of carbonyl (C=O) groups is 3. The van der Waals surface area contributed by atoms with Gasteiger partial charge in [0.2, 0.25) is 35.2 Å². The summed E-state index contributed by atoms with van der Waals surface area (Å²) in [5.74, 6) is -29.9. The number of phenols is 3. The average molecular weight is 2160 g/mol. The second-order valence-electron chi connectivity index (χ2n) is 36.8. The highest BCUT2D eigenvalue weighted by molar-refractivity contribution is 6.35. The third kappa shape index (κ3) is 19.4. The van der Waals surface area contributed by atoms with E-state index in [4.69, 9.17) is 34.8 Å². The van der Waals surface area contributed by atoms with Crippen LogP contribution in [0.1, 0.15) is 168 Å². The van der Waals surface area contributed by atoms with Gasteiger partial charge >= 0.3 is 18.5 Å². The molecule has 0 bridgehead atoms. The van der Waals surface area contributed by atoms with Crippen LogP contribution >= 0.6 is 34.8 Å². The number of phenolic OH excluding ortho intramolecular Hbond substituents is 3. The van der Waals surface area contributed by atoms with E-state index >= 15 is 13.2 Å². The fourth-order valence-electron chi connectivity index (χ4n) is 19.6. The lowest BCUT2D eigenvalue weighted by atomic mass is 10.00. The van der Waals surface area contributed by atoms with Gasteiger partial charge in [0, 0.05) is 110 Å². The summed E-state index contributed by atoms with van der Waals surface area (Å²) in [6, 6.07) is 11.0. The maximum atomic E-state index is 15.6. The molecule has 9 aromatic heterocycles. The lowest BCUT2D eigenvalue weighted by Gasteiger charge is -2.45. The molecule has 0 radical (unpaired) electrons. The van der Waals surface area contributed by atoms with Crippen molar-refractivity contribution in [1.29, 1.82) is 15.8 Å². The molecule has 0 aliphatic carbocycles. The van der Waals surface area contributed by atoms with Crippen LogP contribution in [0.4, 0.5) is 96.1 Å². The Morgan fingerprint density at radius 1 is 0.380 bits per heavy atom. The Bertz CT molecular complexity index is 7290. The lowest BCUT2D eigenvalue weighted by Crippen LogP contribution is -2.58. The molecule has 48 heteroatoms. The van der Waals surface area contributed by atoms with Crippen LogP contribution in [0.3, 0.4) is 0 Å². The molecule has 12 heterocycles. The minimum absolute atomic E-state index is 0.00529. The number of amides is 3. The number of nitriles is 3. The molecule has 786 valence electrons. The molecule has 12 aromatic rings. The van der Waals surface area contributed by atoms with E-state index in [0.29, 0.717) is 33.8 Å². The normalized spacial score (nSPS) is 16.6. The molecule has 27 nitrogen and oxygen atoms in total. The predicted octanol–water partition coefficient (Wildman–Crippen LogP) is 21.5. The van der Waals surface area contributed by atoms with E-state index in [2.05, 4.69) is 49.6 Å². The molecule has 0 saturated carbocycles. The van der Waals surface area contributed by atoms with Gasteiger partial charge in [0.05, 0.1) is 100 Å². The Balaban J connectivity index is 0.000000187. The summed E-state index contributed by atoms with van der Waals surface area (Å²) in [5, 5.41) is 61.0. The van der Waals surface area contributed by atoms with Gasteiger partial charge in [-0.25, -0.2) is 41.3 Å². The van der Waals surface area contributed by atoms with Crippen LogP contribution in [0, 0.1) is 107 Å². The van der Waals surface area contributed by atoms with E-state index in [9.17, 15) is 126 Å². The van der Waals surface area contributed by atoms with Gasteiger partial charge in [-0.3, -0.25) is 57.4 Å². The first-order valence-electron chi connectivity index (χ1n) is 45.6. The highest BCUT2D eigenvalue weighted by Crippen LogP contribution is 2.53. The number of carbonyl (C=O) groups excluding carboxylic acids is 3. The minimum Gasteiger partial charge on any atom is -0.504 e. The minimum atomic E-state index is -5.74. The first-order valence-corrected chi connectivity index (χ1v) is 46.7. The number of aromatic hydroxyl groups is 3. The van der Waals surface area contributed by atoms with E-state index in [-0.39, 0.29) is 159 Å². The van der Waals surface area contributed by atoms with Crippen LogP contribution < -0.4 is 31.4 Å². The van der Waals surface area contributed by atoms with Gasteiger partial charge in [-0.2, -0.15) is 68.5 Å². The fraction of sp³-hybridized carbons (Fsp3) is 0.324. The number of hydrogen-bond donors (Lipinski definition) is 3. The molecule has 6 atom stereocenters. The van der Waals surface area contributed by atoms with E-state index < -0.39 is 207 Å². The van der Waals surface area contributed by atoms with Crippen molar-refractivity contribution in [3.05, 3.63) is 259 Å². The Labute approximate surface area is 856 Å². The van der Waals surface area contributed by atoms with Crippen molar-refractivity contribution in [2.24, 2.45) is 0 Å². The van der Waals surface area contributed by atoms with E-state index in [1.807, 2.05) is 18.2 Å². The van der Waals surface area contributed by atoms with Crippen molar-refractivity contribution in [2.45, 2.75) is 176 Å². The van der Waals surface area contributed by atoms with Crippen molar-refractivity contribution in [3.63, 3.8) is 0 Å². The second kappa shape index (κ2) is 42.0. The molecule has 15 rings (SSSR count). The van der Waals surface area contributed by atoms with E-state index in [1.165, 1.54) is 18.6 Å². The molecule has 3 aliphatic rings. The van der Waals surface area contributed by atoms with E-state index in [1.54, 1.807) is 151 Å². The molecule has 3 fully saturated rings. The zero-order valence-electron chi connectivity index (χ0n) is 81.8. The van der Waals surface area contributed by atoms with Gasteiger partial charge in [0.1, 0.15) is 68.5 Å². The quantitative estimate of drug-likeness (QED) is 0.0487. The van der Waals surface area contributed by atoms with Crippen LogP contribution in [0.25, 0.3) is 83.9 Å². The molecular weight excluding hydrogens is 2070 g/mol. The monoisotopic (exact) mass is 2150 g/mol. The van der Waals surface area contributed by atoms with Crippen LogP contribution in [-0.2, 0) is 32.9 Å². The highest BCUT2D eigenvalue weighted by Gasteiger charge is 2.49. The molecule has 3 aromatic carbocycles. The Morgan fingerprint density at radius 2 is 0.587 bits per heavy atom. The van der Waals surface area contributed by atoms with Crippen molar-refractivity contribution in [3.8, 4) is 86.3 Å². The number of halogens is 21. The summed E-state index contributed by atoms with van der Waals surface area (Å²) in [5.41, 5.74) is -17.4. The fourth-order valence-corrected chi connectivity index (χ4v) is 20.3.